The third-order valence-corrected chi connectivity index (χ3v) is 4.03. The maximum absolute atomic E-state index is 12.1. The molecule has 5 nitrogen and oxygen atoms in total. The van der Waals surface area contributed by atoms with Crippen molar-refractivity contribution in [3.8, 4) is 18.2 Å². The Balaban J connectivity index is 2.01. The monoisotopic (exact) mass is 381 g/mol. The summed E-state index contributed by atoms with van der Waals surface area (Å²) in [6, 6.07) is 14.1. The number of para-hydroxylation sites is 1. The molecule has 3 aromatic rings. The second kappa shape index (κ2) is 6.69. The number of amides is 1. The first-order chi connectivity index (χ1) is 11.6. The molecule has 0 radical (unpaired) electrons. The van der Waals surface area contributed by atoms with Crippen LogP contribution in [0.4, 0.5) is 5.69 Å². The lowest BCUT2D eigenvalue weighted by molar-refractivity contribution is 0.0995. The smallest absolute Gasteiger partial charge is 0.295 e. The topological polar surface area (TPSA) is 66.9 Å². The number of azo groups is 1. The number of nitrogens with zero attached hydrogens (tertiary/aromatic N) is 3. The van der Waals surface area contributed by atoms with E-state index in [1.807, 2.05) is 18.2 Å². The maximum atomic E-state index is 12.1. The number of fused-ring (bicyclic) bond motifs is 1. The van der Waals surface area contributed by atoms with Gasteiger partial charge in [-0.3, -0.25) is 9.36 Å². The average Bonchev–Trinajstić information content (AvgIpc) is 2.86. The Morgan fingerprint density at radius 1 is 1.21 bits per heavy atom. The highest BCUT2D eigenvalue weighted by Crippen LogP contribution is 2.38. The number of hydrogen-bond acceptors (Lipinski definition) is 3. The van der Waals surface area contributed by atoms with E-state index in [4.69, 9.17) is 6.42 Å². The largest absolute Gasteiger partial charge is 0.493 e. The molecule has 1 N–H and O–H groups in total. The van der Waals surface area contributed by atoms with Crippen molar-refractivity contribution in [2.75, 3.05) is 0 Å². The zero-order chi connectivity index (χ0) is 17.1. The van der Waals surface area contributed by atoms with Crippen molar-refractivity contribution in [1.29, 1.82) is 0 Å². The number of carbonyl (C=O) groups is 1. The molecule has 0 saturated carbocycles. The van der Waals surface area contributed by atoms with Crippen LogP contribution in [0.2, 0.25) is 0 Å². The minimum Gasteiger partial charge on any atom is -0.493 e. The van der Waals surface area contributed by atoms with E-state index >= 15 is 0 Å². The Labute approximate surface area is 146 Å². The molecule has 6 heteroatoms. The molecule has 0 unspecified atom stereocenters. The summed E-state index contributed by atoms with van der Waals surface area (Å²) in [5.74, 6) is 1.89. The Kier molecular flexibility index (Phi) is 4.45. The summed E-state index contributed by atoms with van der Waals surface area (Å²) in [6.45, 7) is 0.197. The minimum atomic E-state index is -0.490. The van der Waals surface area contributed by atoms with Gasteiger partial charge in [0.2, 0.25) is 5.88 Å². The van der Waals surface area contributed by atoms with Crippen LogP contribution in [0.1, 0.15) is 10.4 Å². The zero-order valence-electron chi connectivity index (χ0n) is 12.5. The number of aromatic hydroxyl groups is 1. The van der Waals surface area contributed by atoms with Crippen molar-refractivity contribution in [2.24, 2.45) is 10.2 Å². The van der Waals surface area contributed by atoms with Gasteiger partial charge in [-0.1, -0.05) is 40.0 Å². The van der Waals surface area contributed by atoms with E-state index in [0.29, 0.717) is 10.9 Å². The molecule has 0 atom stereocenters. The van der Waals surface area contributed by atoms with Gasteiger partial charge in [-0.25, -0.2) is 0 Å². The van der Waals surface area contributed by atoms with Gasteiger partial charge in [-0.2, -0.15) is 0 Å². The van der Waals surface area contributed by atoms with E-state index < -0.39 is 5.91 Å². The number of rotatable bonds is 3. The fourth-order valence-corrected chi connectivity index (χ4v) is 2.63. The Bertz CT molecular complexity index is 982. The summed E-state index contributed by atoms with van der Waals surface area (Å²) >= 11 is 3.31. The predicted molar refractivity (Wildman–Crippen MR) is 95.4 cm³/mol. The van der Waals surface area contributed by atoms with Crippen molar-refractivity contribution >= 4 is 38.4 Å². The third kappa shape index (κ3) is 2.94. The summed E-state index contributed by atoms with van der Waals surface area (Å²) in [5.41, 5.74) is 1.37. The third-order valence-electron chi connectivity index (χ3n) is 3.50. The van der Waals surface area contributed by atoms with Gasteiger partial charge < -0.3 is 5.11 Å². The lowest BCUT2D eigenvalue weighted by Gasteiger charge is -2.00. The van der Waals surface area contributed by atoms with Gasteiger partial charge in [0, 0.05) is 15.4 Å². The minimum absolute atomic E-state index is 0.110. The quantitative estimate of drug-likeness (QED) is 0.529. The lowest BCUT2D eigenvalue weighted by atomic mass is 10.2. The number of halogens is 1. The van der Waals surface area contributed by atoms with E-state index in [1.54, 1.807) is 34.9 Å². The van der Waals surface area contributed by atoms with Crippen LogP contribution in [-0.4, -0.2) is 15.6 Å². The molecule has 0 bridgehead atoms. The van der Waals surface area contributed by atoms with Crippen molar-refractivity contribution in [1.82, 2.24) is 4.57 Å². The van der Waals surface area contributed by atoms with Crippen LogP contribution in [0.3, 0.4) is 0 Å². The van der Waals surface area contributed by atoms with Crippen LogP contribution >= 0.6 is 15.9 Å². The van der Waals surface area contributed by atoms with Gasteiger partial charge in [-0.05, 0) is 30.3 Å². The molecule has 118 valence electrons. The molecular formula is C18H12BrN3O2. The van der Waals surface area contributed by atoms with E-state index in [9.17, 15) is 9.90 Å². The van der Waals surface area contributed by atoms with E-state index in [2.05, 4.69) is 32.1 Å². The summed E-state index contributed by atoms with van der Waals surface area (Å²) in [7, 11) is 0. The number of aromatic nitrogens is 1. The van der Waals surface area contributed by atoms with Crippen molar-refractivity contribution in [3.63, 3.8) is 0 Å². The molecule has 0 spiro atoms. The maximum Gasteiger partial charge on any atom is 0.295 e. The summed E-state index contributed by atoms with van der Waals surface area (Å²) in [4.78, 5) is 12.1. The van der Waals surface area contributed by atoms with Crippen LogP contribution in [-0.2, 0) is 6.54 Å². The first-order valence-electron chi connectivity index (χ1n) is 7.07. The fourth-order valence-electron chi connectivity index (χ4n) is 2.37. The summed E-state index contributed by atoms with van der Waals surface area (Å²) < 4.78 is 2.42. The average molecular weight is 382 g/mol. The van der Waals surface area contributed by atoms with Gasteiger partial charge in [0.15, 0.2) is 5.69 Å². The fraction of sp³-hybridized carbons (Fsp3) is 0.0556. The second-order valence-corrected chi connectivity index (χ2v) is 5.91. The molecule has 24 heavy (non-hydrogen) atoms. The van der Waals surface area contributed by atoms with Crippen LogP contribution in [0, 0.1) is 12.3 Å². The van der Waals surface area contributed by atoms with Crippen LogP contribution in [0.5, 0.6) is 5.88 Å². The van der Waals surface area contributed by atoms with Gasteiger partial charge in [0.25, 0.3) is 5.91 Å². The molecule has 2 aromatic carbocycles. The molecule has 1 heterocycles. The van der Waals surface area contributed by atoms with Crippen molar-refractivity contribution < 1.29 is 9.90 Å². The lowest BCUT2D eigenvalue weighted by Crippen LogP contribution is -1.93. The normalized spacial score (nSPS) is 11.0. The van der Waals surface area contributed by atoms with Gasteiger partial charge in [-0.15, -0.1) is 16.7 Å². The number of hydrogen-bond donors (Lipinski definition) is 1. The summed E-state index contributed by atoms with van der Waals surface area (Å²) in [6.07, 6.45) is 5.35. The molecule has 0 saturated heterocycles. The number of terminal acetylenes is 1. The first kappa shape index (κ1) is 16.0. The van der Waals surface area contributed by atoms with Crippen molar-refractivity contribution in [3.05, 3.63) is 58.6 Å². The van der Waals surface area contributed by atoms with E-state index in [0.717, 1.165) is 9.99 Å². The number of benzene rings is 2. The molecule has 0 aliphatic carbocycles. The highest BCUT2D eigenvalue weighted by Gasteiger charge is 2.16. The molecule has 0 aliphatic rings. The van der Waals surface area contributed by atoms with Gasteiger partial charge in [0.1, 0.15) is 0 Å². The molecule has 0 fully saturated rings. The first-order valence-corrected chi connectivity index (χ1v) is 7.86. The molecular weight excluding hydrogens is 370 g/mol. The Morgan fingerprint density at radius 3 is 2.62 bits per heavy atom. The predicted octanol–water partition coefficient (Wildman–Crippen LogP) is 4.67. The molecule has 1 aromatic heterocycles. The number of carbonyl (C=O) groups excluding carboxylic acids is 1. The molecule has 1 amide bonds. The Hall–Kier alpha value is -2.91. The zero-order valence-corrected chi connectivity index (χ0v) is 14.1. The standard InChI is InChI=1S/C18H12BrN3O2/c1-2-11-22-15-6-4-3-5-14(15)16(18(22)24)20-21-17(23)12-7-9-13(19)10-8-12/h1,3-10,24H,11H2. The SMILES string of the molecule is C#CCn1c(O)c(N=NC(=O)c2ccc(Br)cc2)c2ccccc21. The highest BCUT2D eigenvalue weighted by molar-refractivity contribution is 9.10. The summed E-state index contributed by atoms with van der Waals surface area (Å²) in [5, 5.41) is 18.7. The highest BCUT2D eigenvalue weighted by atomic mass is 79.9. The van der Waals surface area contributed by atoms with Gasteiger partial charge in [0.05, 0.1) is 12.1 Å². The molecule has 0 aliphatic heterocycles. The Morgan fingerprint density at radius 2 is 1.92 bits per heavy atom. The molecule has 3 rings (SSSR count). The van der Waals surface area contributed by atoms with Crippen LogP contribution < -0.4 is 0 Å². The van der Waals surface area contributed by atoms with Crippen LogP contribution in [0.15, 0.2) is 63.2 Å². The van der Waals surface area contributed by atoms with Crippen LogP contribution in [0.25, 0.3) is 10.9 Å². The second-order valence-electron chi connectivity index (χ2n) is 4.99. The van der Waals surface area contributed by atoms with Crippen molar-refractivity contribution in [2.45, 2.75) is 6.54 Å². The van der Waals surface area contributed by atoms with Gasteiger partial charge >= 0.3 is 0 Å². The van der Waals surface area contributed by atoms with E-state index in [-0.39, 0.29) is 18.1 Å². The van der Waals surface area contributed by atoms with E-state index in [1.165, 1.54) is 0 Å².